The maximum Gasteiger partial charge on any atom is 0.196 e. The van der Waals surface area contributed by atoms with Crippen molar-refractivity contribution in [2.75, 3.05) is 0 Å². The first kappa shape index (κ1) is 22.8. The standard InChI is InChI=1S/C28H38FN/c1-3-5-22-10-14-26(15-11-22)27-18-16-25(17-19-27)21(2)24-12-8-23(9-13-24)6-4-7-28(29)20-30/h7,10-11,14-15,23-25,27H,2-6,8-9,12-13,16-19H2,1H3. The Morgan fingerprint density at radius 2 is 1.63 bits per heavy atom. The van der Waals surface area contributed by atoms with Crippen molar-refractivity contribution < 1.29 is 4.39 Å². The Labute approximate surface area is 183 Å². The smallest absolute Gasteiger partial charge is 0.195 e. The number of aryl methyl sites for hydroxylation is 1. The summed E-state index contributed by atoms with van der Waals surface area (Å²) < 4.78 is 12.9. The molecule has 30 heavy (non-hydrogen) atoms. The average Bonchev–Trinajstić information content (AvgIpc) is 2.80. The van der Waals surface area contributed by atoms with E-state index in [9.17, 15) is 4.39 Å². The lowest BCUT2D eigenvalue weighted by molar-refractivity contribution is 0.260. The Morgan fingerprint density at radius 3 is 2.20 bits per heavy atom. The molecule has 1 aromatic carbocycles. The van der Waals surface area contributed by atoms with Gasteiger partial charge in [0.15, 0.2) is 5.83 Å². The molecule has 162 valence electrons. The van der Waals surface area contributed by atoms with Gasteiger partial charge in [0.25, 0.3) is 0 Å². The van der Waals surface area contributed by atoms with Crippen LogP contribution >= 0.6 is 0 Å². The van der Waals surface area contributed by atoms with Gasteiger partial charge < -0.3 is 0 Å². The topological polar surface area (TPSA) is 23.8 Å². The molecule has 2 heteroatoms. The van der Waals surface area contributed by atoms with Crippen LogP contribution in [0.1, 0.15) is 94.6 Å². The fourth-order valence-electron chi connectivity index (χ4n) is 5.69. The maximum atomic E-state index is 12.9. The molecule has 0 aliphatic heterocycles. The fraction of sp³-hybridized carbons (Fsp3) is 0.607. The number of allylic oxidation sites excluding steroid dienone is 3. The SMILES string of the molecule is C=C(C1CCC(CCC=C(F)C#N)CC1)C1CCC(c2ccc(CCC)cc2)CC1. The molecule has 0 bridgehead atoms. The van der Waals surface area contributed by atoms with Crippen molar-refractivity contribution in [1.82, 2.24) is 0 Å². The van der Waals surface area contributed by atoms with E-state index < -0.39 is 5.83 Å². The van der Waals surface area contributed by atoms with Gasteiger partial charge in [-0.15, -0.1) is 0 Å². The molecular weight excluding hydrogens is 369 g/mol. The Bertz CT molecular complexity index is 738. The molecule has 3 rings (SSSR count). The molecule has 2 aliphatic rings. The predicted molar refractivity (Wildman–Crippen MR) is 124 cm³/mol. The van der Waals surface area contributed by atoms with Crippen molar-refractivity contribution in [3.05, 3.63) is 59.4 Å². The van der Waals surface area contributed by atoms with E-state index in [-0.39, 0.29) is 0 Å². The fourth-order valence-corrected chi connectivity index (χ4v) is 5.69. The van der Waals surface area contributed by atoms with E-state index in [1.807, 2.05) is 0 Å². The molecule has 2 fully saturated rings. The van der Waals surface area contributed by atoms with Crippen LogP contribution in [0.3, 0.4) is 0 Å². The Balaban J connectivity index is 1.41. The van der Waals surface area contributed by atoms with Crippen molar-refractivity contribution >= 4 is 0 Å². The molecule has 2 saturated carbocycles. The second-order valence-corrected chi connectivity index (χ2v) is 9.57. The van der Waals surface area contributed by atoms with Crippen LogP contribution in [0.2, 0.25) is 0 Å². The van der Waals surface area contributed by atoms with Crippen LogP contribution in [0.5, 0.6) is 0 Å². The monoisotopic (exact) mass is 407 g/mol. The summed E-state index contributed by atoms with van der Waals surface area (Å²) in [6.07, 6.45) is 15.7. The number of rotatable bonds is 8. The van der Waals surface area contributed by atoms with E-state index in [0.29, 0.717) is 24.2 Å². The summed E-state index contributed by atoms with van der Waals surface area (Å²) in [6, 6.07) is 10.9. The first-order valence-electron chi connectivity index (χ1n) is 12.1. The van der Waals surface area contributed by atoms with Crippen LogP contribution in [0.25, 0.3) is 0 Å². The zero-order valence-corrected chi connectivity index (χ0v) is 18.7. The largest absolute Gasteiger partial charge is 0.196 e. The minimum absolute atomic E-state index is 0.635. The van der Waals surface area contributed by atoms with Crippen molar-refractivity contribution in [3.8, 4) is 6.07 Å². The number of halogens is 1. The molecule has 0 unspecified atom stereocenters. The molecule has 1 nitrogen and oxygen atoms in total. The van der Waals surface area contributed by atoms with Crippen LogP contribution in [0, 0.1) is 29.1 Å². The normalized spacial score (nSPS) is 27.4. The van der Waals surface area contributed by atoms with Crippen molar-refractivity contribution in [2.24, 2.45) is 17.8 Å². The number of hydrogen-bond acceptors (Lipinski definition) is 1. The lowest BCUT2D eigenvalue weighted by Crippen LogP contribution is -2.22. The van der Waals surface area contributed by atoms with E-state index in [2.05, 4.69) is 37.8 Å². The third kappa shape index (κ3) is 6.31. The van der Waals surface area contributed by atoms with Gasteiger partial charge in [-0.1, -0.05) is 49.8 Å². The first-order valence-corrected chi connectivity index (χ1v) is 12.1. The van der Waals surface area contributed by atoms with E-state index in [4.69, 9.17) is 5.26 Å². The minimum Gasteiger partial charge on any atom is -0.195 e. The zero-order chi connectivity index (χ0) is 21.3. The minimum atomic E-state index is -0.635. The van der Waals surface area contributed by atoms with Crippen LogP contribution in [-0.2, 0) is 6.42 Å². The second-order valence-electron chi connectivity index (χ2n) is 9.57. The van der Waals surface area contributed by atoms with E-state index in [0.717, 1.165) is 12.3 Å². The van der Waals surface area contributed by atoms with Gasteiger partial charge in [0.2, 0.25) is 0 Å². The Kier molecular flexibility index (Phi) is 8.74. The second kappa shape index (κ2) is 11.5. The average molecular weight is 408 g/mol. The number of benzene rings is 1. The first-order chi connectivity index (χ1) is 14.6. The van der Waals surface area contributed by atoms with Crippen molar-refractivity contribution in [2.45, 2.75) is 89.9 Å². The lowest BCUT2D eigenvalue weighted by atomic mass is 9.69. The van der Waals surface area contributed by atoms with Crippen LogP contribution in [-0.4, -0.2) is 0 Å². The molecule has 0 radical (unpaired) electrons. The predicted octanol–water partition coefficient (Wildman–Crippen LogP) is 8.43. The third-order valence-corrected chi connectivity index (χ3v) is 7.62. The molecule has 0 amide bonds. The summed E-state index contributed by atoms with van der Waals surface area (Å²) in [5, 5.41) is 8.50. The highest BCUT2D eigenvalue weighted by Gasteiger charge is 2.29. The van der Waals surface area contributed by atoms with E-state index >= 15 is 0 Å². The third-order valence-electron chi connectivity index (χ3n) is 7.62. The molecule has 0 aromatic heterocycles. The highest BCUT2D eigenvalue weighted by atomic mass is 19.1. The molecule has 0 spiro atoms. The zero-order valence-electron chi connectivity index (χ0n) is 18.7. The summed E-state index contributed by atoms with van der Waals surface area (Å²) in [5.74, 6) is 2.16. The van der Waals surface area contributed by atoms with Gasteiger partial charge in [-0.25, -0.2) is 0 Å². The van der Waals surface area contributed by atoms with Crippen LogP contribution < -0.4 is 0 Å². The van der Waals surface area contributed by atoms with Gasteiger partial charge in [0, 0.05) is 0 Å². The van der Waals surface area contributed by atoms with Crippen molar-refractivity contribution in [1.29, 1.82) is 5.26 Å². The molecule has 2 aliphatic carbocycles. The summed E-state index contributed by atoms with van der Waals surface area (Å²) in [4.78, 5) is 0. The highest BCUT2D eigenvalue weighted by Crippen LogP contribution is 2.44. The molecule has 0 atom stereocenters. The molecular formula is C28H38FN. The van der Waals surface area contributed by atoms with Gasteiger partial charge in [0.1, 0.15) is 6.07 Å². The number of nitrogens with zero attached hydrogens (tertiary/aromatic N) is 1. The molecule has 0 heterocycles. The number of hydrogen-bond donors (Lipinski definition) is 0. The summed E-state index contributed by atoms with van der Waals surface area (Å²) >= 11 is 0. The highest BCUT2D eigenvalue weighted by molar-refractivity contribution is 5.26. The van der Waals surface area contributed by atoms with Gasteiger partial charge in [-0.05, 0) is 112 Å². The lowest BCUT2D eigenvalue weighted by Gasteiger charge is -2.36. The molecule has 1 aromatic rings. The number of nitriles is 1. The maximum absolute atomic E-state index is 12.9. The van der Waals surface area contributed by atoms with Gasteiger partial charge in [-0.3, -0.25) is 0 Å². The summed E-state index contributed by atoms with van der Waals surface area (Å²) in [7, 11) is 0. The van der Waals surface area contributed by atoms with E-state index in [1.54, 1.807) is 6.07 Å². The summed E-state index contributed by atoms with van der Waals surface area (Å²) in [6.45, 7) is 6.80. The summed E-state index contributed by atoms with van der Waals surface area (Å²) in [5.41, 5.74) is 4.51. The van der Waals surface area contributed by atoms with Gasteiger partial charge in [-0.2, -0.15) is 9.65 Å². The van der Waals surface area contributed by atoms with Gasteiger partial charge >= 0.3 is 0 Å². The Hall–Kier alpha value is -1.88. The van der Waals surface area contributed by atoms with E-state index in [1.165, 1.54) is 87.0 Å². The van der Waals surface area contributed by atoms with Gasteiger partial charge in [0.05, 0.1) is 0 Å². The quantitative estimate of drug-likeness (QED) is 0.313. The van der Waals surface area contributed by atoms with Crippen LogP contribution in [0.15, 0.2) is 48.3 Å². The Morgan fingerprint density at radius 1 is 1.03 bits per heavy atom. The molecule has 0 N–H and O–H groups in total. The van der Waals surface area contributed by atoms with Crippen molar-refractivity contribution in [3.63, 3.8) is 0 Å². The molecule has 0 saturated heterocycles. The van der Waals surface area contributed by atoms with Crippen LogP contribution in [0.4, 0.5) is 4.39 Å².